The minimum absolute atomic E-state index is 0.121. The summed E-state index contributed by atoms with van der Waals surface area (Å²) in [4.78, 5) is 14.5. The highest BCUT2D eigenvalue weighted by Gasteiger charge is 2.11. The summed E-state index contributed by atoms with van der Waals surface area (Å²) in [5.41, 5.74) is 0.707. The van der Waals surface area contributed by atoms with Crippen molar-refractivity contribution in [2.75, 3.05) is 7.11 Å². The molecule has 0 aliphatic rings. The first-order valence-corrected chi connectivity index (χ1v) is 5.10. The second kappa shape index (κ2) is 4.87. The third-order valence-electron chi connectivity index (χ3n) is 2.28. The average Bonchev–Trinajstić information content (AvgIpc) is 2.76. The maximum Gasteiger partial charge on any atom is 0.309 e. The molecule has 0 saturated heterocycles. The molecule has 0 radical (unpaired) electrons. The van der Waals surface area contributed by atoms with Gasteiger partial charge in [-0.2, -0.15) is 0 Å². The van der Waals surface area contributed by atoms with Gasteiger partial charge in [-0.05, 0) is 18.2 Å². The van der Waals surface area contributed by atoms with Crippen molar-refractivity contribution in [3.8, 4) is 17.2 Å². The molecule has 6 heteroatoms. The lowest BCUT2D eigenvalue weighted by atomic mass is 10.2. The Labute approximate surface area is 102 Å². The quantitative estimate of drug-likeness (QED) is 0.900. The number of oxazole rings is 1. The topological polar surface area (TPSA) is 72.6 Å². The van der Waals surface area contributed by atoms with Gasteiger partial charge in [-0.1, -0.05) is 0 Å². The van der Waals surface area contributed by atoms with Crippen LogP contribution in [0.3, 0.4) is 0 Å². The van der Waals surface area contributed by atoms with Gasteiger partial charge in [0.05, 0.1) is 19.2 Å². The molecule has 0 spiro atoms. The molecule has 0 fully saturated rings. The molecule has 1 heterocycles. The predicted octanol–water partition coefficient (Wildman–Crippen LogP) is 2.12. The van der Waals surface area contributed by atoms with Crippen LogP contribution in [0.1, 0.15) is 5.69 Å². The lowest BCUT2D eigenvalue weighted by Crippen LogP contribution is -1.99. The van der Waals surface area contributed by atoms with E-state index in [0.717, 1.165) is 0 Å². The second-order valence-electron chi connectivity index (χ2n) is 3.56. The van der Waals surface area contributed by atoms with Crippen LogP contribution in [0, 0.1) is 5.82 Å². The lowest BCUT2D eigenvalue weighted by Gasteiger charge is -2.02. The summed E-state index contributed by atoms with van der Waals surface area (Å²) in [6.07, 6.45) is 1.01. The van der Waals surface area contributed by atoms with E-state index in [1.54, 1.807) is 6.07 Å². The van der Waals surface area contributed by atoms with Crippen LogP contribution in [0.4, 0.5) is 4.39 Å². The Morgan fingerprint density at radius 3 is 2.94 bits per heavy atom. The minimum Gasteiger partial charge on any atom is -0.494 e. The Bertz CT molecular complexity index is 579. The molecule has 0 unspecified atom stereocenters. The van der Waals surface area contributed by atoms with Crippen LogP contribution in [-0.2, 0) is 11.2 Å². The highest BCUT2D eigenvalue weighted by atomic mass is 19.1. The fraction of sp³-hybridized carbons (Fsp3) is 0.167. The smallest absolute Gasteiger partial charge is 0.309 e. The van der Waals surface area contributed by atoms with E-state index in [-0.39, 0.29) is 23.8 Å². The van der Waals surface area contributed by atoms with Gasteiger partial charge in [0.25, 0.3) is 0 Å². The van der Waals surface area contributed by atoms with Crippen molar-refractivity contribution in [1.82, 2.24) is 4.98 Å². The number of hydrogen-bond donors (Lipinski definition) is 1. The number of carboxylic acid groups (broad SMARTS) is 1. The zero-order chi connectivity index (χ0) is 13.1. The lowest BCUT2D eigenvalue weighted by molar-refractivity contribution is -0.136. The van der Waals surface area contributed by atoms with Gasteiger partial charge in [-0.3, -0.25) is 4.79 Å². The summed E-state index contributed by atoms with van der Waals surface area (Å²) in [6.45, 7) is 0. The molecule has 18 heavy (non-hydrogen) atoms. The Hall–Kier alpha value is -2.37. The summed E-state index contributed by atoms with van der Waals surface area (Å²) in [6, 6.07) is 4.25. The number of methoxy groups -OCH3 is 1. The summed E-state index contributed by atoms with van der Waals surface area (Å²) in [5.74, 6) is -1.24. The van der Waals surface area contributed by atoms with Gasteiger partial charge in [0, 0.05) is 5.56 Å². The first kappa shape index (κ1) is 12.1. The number of hydrogen-bond acceptors (Lipinski definition) is 4. The highest BCUT2D eigenvalue weighted by molar-refractivity contribution is 5.69. The standard InChI is InChI=1S/C12H10FNO4/c1-17-10-3-2-7(4-9(10)13)12-14-8(6-18-12)5-11(15)16/h2-4,6H,5H2,1H3,(H,15,16). The van der Waals surface area contributed by atoms with Crippen LogP contribution < -0.4 is 4.74 Å². The Morgan fingerprint density at radius 1 is 1.56 bits per heavy atom. The molecule has 1 aromatic heterocycles. The van der Waals surface area contributed by atoms with Crippen molar-refractivity contribution in [3.05, 3.63) is 36.0 Å². The number of rotatable bonds is 4. The number of aliphatic carboxylic acids is 1. The second-order valence-corrected chi connectivity index (χ2v) is 3.56. The molecule has 0 aliphatic heterocycles. The summed E-state index contributed by atoms with van der Waals surface area (Å²) >= 11 is 0. The molecule has 2 aromatic rings. The summed E-state index contributed by atoms with van der Waals surface area (Å²) < 4.78 is 23.4. The van der Waals surface area contributed by atoms with Crippen molar-refractivity contribution in [3.63, 3.8) is 0 Å². The van der Waals surface area contributed by atoms with Crippen molar-refractivity contribution in [2.24, 2.45) is 0 Å². The fourth-order valence-corrected chi connectivity index (χ4v) is 1.48. The maximum absolute atomic E-state index is 13.5. The van der Waals surface area contributed by atoms with Crippen LogP contribution in [0.25, 0.3) is 11.5 Å². The normalized spacial score (nSPS) is 10.3. The van der Waals surface area contributed by atoms with Gasteiger partial charge in [0.1, 0.15) is 6.26 Å². The molecule has 2 rings (SSSR count). The summed E-state index contributed by atoms with van der Waals surface area (Å²) in [5, 5.41) is 8.60. The molecular formula is C12H10FNO4. The van der Waals surface area contributed by atoms with Gasteiger partial charge in [0.2, 0.25) is 5.89 Å². The molecule has 0 atom stereocenters. The first-order chi connectivity index (χ1) is 8.60. The number of carboxylic acids is 1. The van der Waals surface area contributed by atoms with Crippen LogP contribution >= 0.6 is 0 Å². The van der Waals surface area contributed by atoms with Crippen LogP contribution in [-0.4, -0.2) is 23.2 Å². The zero-order valence-electron chi connectivity index (χ0n) is 9.51. The van der Waals surface area contributed by atoms with Crippen molar-refractivity contribution in [1.29, 1.82) is 0 Å². The Balaban J connectivity index is 2.28. The van der Waals surface area contributed by atoms with Crippen LogP contribution in [0.2, 0.25) is 0 Å². The Morgan fingerprint density at radius 2 is 2.33 bits per heavy atom. The number of carbonyl (C=O) groups is 1. The number of aromatic nitrogens is 1. The molecule has 0 aliphatic carbocycles. The van der Waals surface area contributed by atoms with Gasteiger partial charge in [0.15, 0.2) is 11.6 Å². The van der Waals surface area contributed by atoms with Gasteiger partial charge in [-0.15, -0.1) is 0 Å². The van der Waals surface area contributed by atoms with Crippen LogP contribution in [0.5, 0.6) is 5.75 Å². The van der Waals surface area contributed by atoms with Crippen molar-refractivity contribution >= 4 is 5.97 Å². The number of halogens is 1. The SMILES string of the molecule is COc1ccc(-c2nc(CC(=O)O)co2)cc1F. The van der Waals surface area contributed by atoms with E-state index in [4.69, 9.17) is 14.3 Å². The van der Waals surface area contributed by atoms with Crippen molar-refractivity contribution < 1.29 is 23.4 Å². The monoisotopic (exact) mass is 251 g/mol. The van der Waals surface area contributed by atoms with Gasteiger partial charge >= 0.3 is 5.97 Å². The van der Waals surface area contributed by atoms with E-state index in [2.05, 4.69) is 4.98 Å². The third-order valence-corrected chi connectivity index (χ3v) is 2.28. The number of nitrogens with zero attached hydrogens (tertiary/aromatic N) is 1. The van der Waals surface area contributed by atoms with E-state index < -0.39 is 11.8 Å². The van der Waals surface area contributed by atoms with E-state index in [1.807, 2.05) is 0 Å². The van der Waals surface area contributed by atoms with Crippen LogP contribution in [0.15, 0.2) is 28.9 Å². The Kier molecular flexibility index (Phi) is 3.27. The number of ether oxygens (including phenoxy) is 1. The molecule has 0 saturated carbocycles. The molecule has 94 valence electrons. The summed E-state index contributed by atoms with van der Waals surface area (Å²) in [7, 11) is 1.37. The number of benzene rings is 1. The van der Waals surface area contributed by atoms with E-state index in [1.165, 1.54) is 25.5 Å². The molecular weight excluding hydrogens is 241 g/mol. The molecule has 0 bridgehead atoms. The molecule has 0 amide bonds. The predicted molar refractivity (Wildman–Crippen MR) is 59.8 cm³/mol. The van der Waals surface area contributed by atoms with E-state index in [0.29, 0.717) is 5.56 Å². The van der Waals surface area contributed by atoms with E-state index in [9.17, 15) is 9.18 Å². The third kappa shape index (κ3) is 2.48. The van der Waals surface area contributed by atoms with Crippen molar-refractivity contribution in [2.45, 2.75) is 6.42 Å². The zero-order valence-corrected chi connectivity index (χ0v) is 9.51. The van der Waals surface area contributed by atoms with E-state index >= 15 is 0 Å². The largest absolute Gasteiger partial charge is 0.494 e. The van der Waals surface area contributed by atoms with Gasteiger partial charge in [-0.25, -0.2) is 9.37 Å². The highest BCUT2D eigenvalue weighted by Crippen LogP contribution is 2.25. The molecule has 1 N–H and O–H groups in total. The minimum atomic E-state index is -1.00. The maximum atomic E-state index is 13.5. The molecule has 5 nitrogen and oxygen atoms in total. The average molecular weight is 251 g/mol. The molecule has 1 aromatic carbocycles. The first-order valence-electron chi connectivity index (χ1n) is 5.10. The van der Waals surface area contributed by atoms with Gasteiger partial charge < -0.3 is 14.3 Å². The fourth-order valence-electron chi connectivity index (χ4n) is 1.48.